The summed E-state index contributed by atoms with van der Waals surface area (Å²) >= 11 is 0. The van der Waals surface area contributed by atoms with Crippen LogP contribution in [0.15, 0.2) is 66.7 Å². The number of hydrogen-bond donors (Lipinski definition) is 2. The van der Waals surface area contributed by atoms with Crippen molar-refractivity contribution >= 4 is 23.5 Å². The average molecular weight is 462 g/mol. The molecule has 0 aromatic heterocycles. The Kier molecular flexibility index (Phi) is 8.29. The summed E-state index contributed by atoms with van der Waals surface area (Å²) in [4.78, 5) is 24.7. The maximum absolute atomic E-state index is 12.5. The van der Waals surface area contributed by atoms with E-state index in [1.54, 1.807) is 24.3 Å². The molecule has 0 aliphatic heterocycles. The molecule has 0 atom stereocenters. The Morgan fingerprint density at radius 2 is 1.71 bits per heavy atom. The van der Waals surface area contributed by atoms with Crippen LogP contribution in [0, 0.1) is 6.92 Å². The minimum atomic E-state index is -0.287. The first-order chi connectivity index (χ1) is 16.4. The van der Waals surface area contributed by atoms with Crippen molar-refractivity contribution in [3.63, 3.8) is 0 Å². The highest BCUT2D eigenvalue weighted by molar-refractivity contribution is 6.07. The lowest BCUT2D eigenvalue weighted by Gasteiger charge is -2.13. The molecule has 0 fully saturated rings. The summed E-state index contributed by atoms with van der Waals surface area (Å²) in [5.74, 6) is 0.548. The van der Waals surface area contributed by atoms with Gasteiger partial charge in [0.05, 0.1) is 13.7 Å². The van der Waals surface area contributed by atoms with Gasteiger partial charge in [-0.2, -0.15) is 0 Å². The van der Waals surface area contributed by atoms with Crippen molar-refractivity contribution in [1.29, 1.82) is 0 Å². The van der Waals surface area contributed by atoms with Gasteiger partial charge in [-0.3, -0.25) is 9.59 Å². The first-order valence-electron chi connectivity index (χ1n) is 10.7. The summed E-state index contributed by atoms with van der Waals surface area (Å²) in [5.41, 5.74) is 2.91. The molecule has 0 unspecified atom stereocenters. The molecule has 0 heterocycles. The number of rotatable bonds is 10. The van der Waals surface area contributed by atoms with Crippen LogP contribution in [-0.4, -0.2) is 37.1 Å². The zero-order valence-corrected chi connectivity index (χ0v) is 19.3. The number of carbonyl (C=O) groups excluding carboxylic acids is 2. The monoisotopic (exact) mass is 461 g/mol. The summed E-state index contributed by atoms with van der Waals surface area (Å²) in [6.45, 7) is 4.05. The summed E-state index contributed by atoms with van der Waals surface area (Å²) < 4.78 is 16.4. The number of allylic oxidation sites excluding steroid dienone is 1. The van der Waals surface area contributed by atoms with Crippen LogP contribution in [-0.2, 0) is 4.79 Å². The number of hydrogen-bond acceptors (Lipinski definition) is 6. The van der Waals surface area contributed by atoms with E-state index in [1.807, 2.05) is 38.1 Å². The second kappa shape index (κ2) is 11.6. The van der Waals surface area contributed by atoms with Gasteiger partial charge in [-0.05, 0) is 68.0 Å². The molecule has 0 saturated carbocycles. The number of nitrogens with one attached hydrogen (secondary N) is 1. The van der Waals surface area contributed by atoms with Gasteiger partial charge in [-0.1, -0.05) is 29.8 Å². The van der Waals surface area contributed by atoms with Gasteiger partial charge in [0, 0.05) is 11.3 Å². The maximum Gasteiger partial charge on any atom is 0.262 e. The predicted molar refractivity (Wildman–Crippen MR) is 131 cm³/mol. The third-order valence-electron chi connectivity index (χ3n) is 4.85. The lowest BCUT2D eigenvalue weighted by atomic mass is 10.1. The zero-order chi connectivity index (χ0) is 24.5. The first-order valence-corrected chi connectivity index (χ1v) is 10.7. The standard InChI is InChI=1S/C27H27NO6/c1-4-33-26-15-19(7-12-22(29)20-9-13-23(30)25(16-20)32-3)8-14-24(26)34-17-27(31)28-21-10-5-18(2)6-11-21/h5-16,30H,4,17H2,1-3H3,(H,28,31)/b12-7+. The molecule has 1 amide bonds. The molecule has 176 valence electrons. The summed E-state index contributed by atoms with van der Waals surface area (Å²) in [5, 5.41) is 12.5. The van der Waals surface area contributed by atoms with E-state index in [9.17, 15) is 14.7 Å². The summed E-state index contributed by atoms with van der Waals surface area (Å²) in [6, 6.07) is 17.1. The molecule has 3 aromatic carbocycles. The molecule has 2 N–H and O–H groups in total. The molecular formula is C27H27NO6. The highest BCUT2D eigenvalue weighted by atomic mass is 16.5. The van der Waals surface area contributed by atoms with E-state index < -0.39 is 0 Å². The van der Waals surface area contributed by atoms with Crippen molar-refractivity contribution in [1.82, 2.24) is 0 Å². The second-order valence-corrected chi connectivity index (χ2v) is 7.43. The van der Waals surface area contributed by atoms with Crippen molar-refractivity contribution < 1.29 is 28.9 Å². The van der Waals surface area contributed by atoms with Gasteiger partial charge in [0.15, 0.2) is 35.4 Å². The van der Waals surface area contributed by atoms with Gasteiger partial charge in [0.2, 0.25) is 0 Å². The highest BCUT2D eigenvalue weighted by Crippen LogP contribution is 2.30. The fraction of sp³-hybridized carbons (Fsp3) is 0.185. The predicted octanol–water partition coefficient (Wildman–Crippen LogP) is 5.02. The summed E-state index contributed by atoms with van der Waals surface area (Å²) in [7, 11) is 1.42. The van der Waals surface area contributed by atoms with E-state index in [2.05, 4.69) is 5.32 Å². The Morgan fingerprint density at radius 3 is 2.41 bits per heavy atom. The number of amides is 1. The number of anilines is 1. The third kappa shape index (κ3) is 6.62. The van der Waals surface area contributed by atoms with Crippen molar-refractivity contribution in [3.05, 3.63) is 83.4 Å². The smallest absolute Gasteiger partial charge is 0.262 e. The van der Waals surface area contributed by atoms with Crippen molar-refractivity contribution in [2.75, 3.05) is 25.6 Å². The van der Waals surface area contributed by atoms with E-state index in [-0.39, 0.29) is 29.8 Å². The number of carbonyl (C=O) groups is 2. The zero-order valence-electron chi connectivity index (χ0n) is 19.3. The van der Waals surface area contributed by atoms with E-state index in [0.29, 0.717) is 29.4 Å². The van der Waals surface area contributed by atoms with Crippen LogP contribution in [0.1, 0.15) is 28.4 Å². The summed E-state index contributed by atoms with van der Waals surface area (Å²) in [6.07, 6.45) is 3.07. The topological polar surface area (TPSA) is 94.1 Å². The molecule has 0 saturated heterocycles. The number of phenols is 1. The molecule has 34 heavy (non-hydrogen) atoms. The molecule has 0 radical (unpaired) electrons. The van der Waals surface area contributed by atoms with Crippen molar-refractivity contribution in [3.8, 4) is 23.0 Å². The highest BCUT2D eigenvalue weighted by Gasteiger charge is 2.11. The normalized spacial score (nSPS) is 10.7. The molecule has 7 heteroatoms. The third-order valence-corrected chi connectivity index (χ3v) is 4.85. The van der Waals surface area contributed by atoms with Crippen LogP contribution in [0.5, 0.6) is 23.0 Å². The number of ketones is 1. The SMILES string of the molecule is CCOc1cc(/C=C/C(=O)c2ccc(O)c(OC)c2)ccc1OCC(=O)Nc1ccc(C)cc1. The molecule has 3 aromatic rings. The fourth-order valence-electron chi connectivity index (χ4n) is 3.09. The minimum absolute atomic E-state index is 0.0347. The quantitative estimate of drug-likeness (QED) is 0.325. The van der Waals surface area contributed by atoms with Crippen molar-refractivity contribution in [2.24, 2.45) is 0 Å². The van der Waals surface area contributed by atoms with Gasteiger partial charge < -0.3 is 24.6 Å². The fourth-order valence-corrected chi connectivity index (χ4v) is 3.09. The maximum atomic E-state index is 12.5. The van der Waals surface area contributed by atoms with Gasteiger partial charge in [0.25, 0.3) is 5.91 Å². The molecule has 7 nitrogen and oxygen atoms in total. The molecule has 0 bridgehead atoms. The number of methoxy groups -OCH3 is 1. The minimum Gasteiger partial charge on any atom is -0.504 e. The Balaban J connectivity index is 1.66. The lowest BCUT2D eigenvalue weighted by Crippen LogP contribution is -2.20. The Labute approximate surface area is 198 Å². The molecule has 0 spiro atoms. The van der Waals surface area contributed by atoms with Crippen LogP contribution < -0.4 is 19.5 Å². The molecule has 0 aliphatic carbocycles. The molecule has 3 rings (SSSR count). The van der Waals surface area contributed by atoms with Crippen LogP contribution in [0.25, 0.3) is 6.08 Å². The number of benzene rings is 3. The second-order valence-electron chi connectivity index (χ2n) is 7.43. The van der Waals surface area contributed by atoms with Crippen molar-refractivity contribution in [2.45, 2.75) is 13.8 Å². The number of aromatic hydroxyl groups is 1. The van der Waals surface area contributed by atoms with E-state index in [1.165, 1.54) is 31.4 Å². The molecule has 0 aliphatic rings. The average Bonchev–Trinajstić information content (AvgIpc) is 2.84. The molecular weight excluding hydrogens is 434 g/mol. The number of phenolic OH excluding ortho intramolecular Hbond substituents is 1. The van der Waals surface area contributed by atoms with Gasteiger partial charge >= 0.3 is 0 Å². The van der Waals surface area contributed by atoms with E-state index in [0.717, 1.165) is 11.1 Å². The van der Waals surface area contributed by atoms with E-state index in [4.69, 9.17) is 14.2 Å². The van der Waals surface area contributed by atoms with E-state index >= 15 is 0 Å². The Morgan fingerprint density at radius 1 is 0.941 bits per heavy atom. The van der Waals surface area contributed by atoms with Crippen LogP contribution in [0.3, 0.4) is 0 Å². The van der Waals surface area contributed by atoms with Gasteiger partial charge in [0.1, 0.15) is 0 Å². The number of ether oxygens (including phenoxy) is 3. The van der Waals surface area contributed by atoms with Gasteiger partial charge in [-0.15, -0.1) is 0 Å². The number of aryl methyl sites for hydroxylation is 1. The largest absolute Gasteiger partial charge is 0.504 e. The lowest BCUT2D eigenvalue weighted by molar-refractivity contribution is -0.118. The van der Waals surface area contributed by atoms with Crippen LogP contribution >= 0.6 is 0 Å². The first kappa shape index (κ1) is 24.4. The van der Waals surface area contributed by atoms with Crippen LogP contribution in [0.2, 0.25) is 0 Å². The Bertz CT molecular complexity index is 1180. The Hall–Kier alpha value is -4.26. The van der Waals surface area contributed by atoms with Crippen LogP contribution in [0.4, 0.5) is 5.69 Å². The van der Waals surface area contributed by atoms with Gasteiger partial charge in [-0.25, -0.2) is 0 Å².